The Kier molecular flexibility index (Phi) is 6.82. The summed E-state index contributed by atoms with van der Waals surface area (Å²) in [6.45, 7) is 2.03. The van der Waals surface area contributed by atoms with Crippen LogP contribution in [0.15, 0.2) is 72.1 Å². The van der Waals surface area contributed by atoms with Crippen molar-refractivity contribution in [2.24, 2.45) is 0 Å². The van der Waals surface area contributed by atoms with E-state index in [4.69, 9.17) is 27.9 Å². The van der Waals surface area contributed by atoms with Crippen LogP contribution >= 0.6 is 35.0 Å². The molecule has 6 heteroatoms. The van der Waals surface area contributed by atoms with Gasteiger partial charge in [0.15, 0.2) is 0 Å². The molecule has 0 fully saturated rings. The number of halogens is 2. The summed E-state index contributed by atoms with van der Waals surface area (Å²) in [6, 6.07) is 15.6. The fraction of sp³-hybridized carbons (Fsp3) is 0.211. The summed E-state index contributed by atoms with van der Waals surface area (Å²) >= 11 is 13.7. The molecular formula is C19H18Cl2N2OS. The first-order valence-electron chi connectivity index (χ1n) is 7.89. The standard InChI is InChI=1S/C19H18Cl2N2OS/c20-16-3-1-15(2-4-16)12-24-13-19(11-23-10-9-22-14-23)25-18-7-5-17(21)6-8-18/h1-10,14,19H,11-13H2. The summed E-state index contributed by atoms with van der Waals surface area (Å²) < 4.78 is 8.01. The Bertz CT molecular complexity index is 761. The van der Waals surface area contributed by atoms with Gasteiger partial charge in [0.1, 0.15) is 0 Å². The molecule has 0 aliphatic heterocycles. The average molecular weight is 393 g/mol. The fourth-order valence-corrected chi connectivity index (χ4v) is 3.69. The van der Waals surface area contributed by atoms with Gasteiger partial charge >= 0.3 is 0 Å². The highest BCUT2D eigenvalue weighted by Crippen LogP contribution is 2.26. The lowest BCUT2D eigenvalue weighted by Crippen LogP contribution is -2.18. The summed E-state index contributed by atoms with van der Waals surface area (Å²) in [6.07, 6.45) is 5.59. The SMILES string of the molecule is Clc1ccc(COCC(Cn2ccnc2)Sc2ccc(Cl)cc2)cc1. The van der Waals surface area contributed by atoms with Crippen molar-refractivity contribution in [3.05, 3.63) is 82.9 Å². The van der Waals surface area contributed by atoms with Crippen LogP contribution in [0.5, 0.6) is 0 Å². The quantitative estimate of drug-likeness (QED) is 0.469. The van der Waals surface area contributed by atoms with Crippen molar-refractivity contribution in [1.29, 1.82) is 0 Å². The molecule has 0 saturated carbocycles. The van der Waals surface area contributed by atoms with Crippen molar-refractivity contribution in [3.8, 4) is 0 Å². The van der Waals surface area contributed by atoms with Crippen molar-refractivity contribution in [2.75, 3.05) is 6.61 Å². The number of nitrogens with zero attached hydrogens (tertiary/aromatic N) is 2. The molecule has 3 aromatic rings. The average Bonchev–Trinajstić information content (AvgIpc) is 3.12. The van der Waals surface area contributed by atoms with Gasteiger partial charge in [-0.25, -0.2) is 4.98 Å². The normalized spacial score (nSPS) is 12.2. The number of benzene rings is 2. The molecule has 0 N–H and O–H groups in total. The molecule has 3 rings (SSSR count). The molecule has 1 aromatic heterocycles. The molecule has 1 unspecified atom stereocenters. The number of aromatic nitrogens is 2. The lowest BCUT2D eigenvalue weighted by Gasteiger charge is -2.17. The monoisotopic (exact) mass is 392 g/mol. The van der Waals surface area contributed by atoms with E-state index < -0.39 is 0 Å². The molecule has 0 radical (unpaired) electrons. The molecule has 3 nitrogen and oxygen atoms in total. The predicted molar refractivity (Wildman–Crippen MR) is 104 cm³/mol. The lowest BCUT2D eigenvalue weighted by atomic mass is 10.2. The van der Waals surface area contributed by atoms with Gasteiger partial charge in [-0.2, -0.15) is 0 Å². The highest BCUT2D eigenvalue weighted by atomic mass is 35.5. The van der Waals surface area contributed by atoms with Crippen molar-refractivity contribution in [2.45, 2.75) is 23.3 Å². The van der Waals surface area contributed by atoms with Crippen molar-refractivity contribution >= 4 is 35.0 Å². The molecule has 1 atom stereocenters. The molecule has 0 spiro atoms. The molecule has 2 aromatic carbocycles. The van der Waals surface area contributed by atoms with Crippen LogP contribution in [0.3, 0.4) is 0 Å². The third kappa shape index (κ3) is 6.08. The molecule has 1 heterocycles. The van der Waals surface area contributed by atoms with Crippen molar-refractivity contribution < 1.29 is 4.74 Å². The van der Waals surface area contributed by atoms with E-state index in [2.05, 4.69) is 9.55 Å². The smallest absolute Gasteiger partial charge is 0.0946 e. The van der Waals surface area contributed by atoms with Crippen LogP contribution in [0.4, 0.5) is 0 Å². The minimum absolute atomic E-state index is 0.266. The van der Waals surface area contributed by atoms with Crippen LogP contribution in [0.1, 0.15) is 5.56 Å². The van der Waals surface area contributed by atoms with E-state index in [1.165, 1.54) is 4.90 Å². The van der Waals surface area contributed by atoms with Gasteiger partial charge in [0, 0.05) is 33.9 Å². The summed E-state index contributed by atoms with van der Waals surface area (Å²) in [5.41, 5.74) is 1.11. The van der Waals surface area contributed by atoms with Gasteiger partial charge in [-0.1, -0.05) is 35.3 Å². The number of thioether (sulfide) groups is 1. The summed E-state index contributed by atoms with van der Waals surface area (Å²) in [5, 5.41) is 1.75. The zero-order valence-electron chi connectivity index (χ0n) is 13.5. The highest BCUT2D eigenvalue weighted by molar-refractivity contribution is 8.00. The van der Waals surface area contributed by atoms with Gasteiger partial charge in [-0.05, 0) is 42.0 Å². The summed E-state index contributed by atoms with van der Waals surface area (Å²) in [5.74, 6) is 0. The van der Waals surface area contributed by atoms with E-state index in [-0.39, 0.29) is 5.25 Å². The van der Waals surface area contributed by atoms with Crippen LogP contribution in [-0.4, -0.2) is 21.4 Å². The van der Waals surface area contributed by atoms with Crippen LogP contribution in [0, 0.1) is 0 Å². The van der Waals surface area contributed by atoms with E-state index in [1.54, 1.807) is 18.0 Å². The summed E-state index contributed by atoms with van der Waals surface area (Å²) in [4.78, 5) is 5.28. The highest BCUT2D eigenvalue weighted by Gasteiger charge is 2.12. The van der Waals surface area contributed by atoms with Gasteiger partial charge in [-0.15, -0.1) is 11.8 Å². The van der Waals surface area contributed by atoms with Crippen LogP contribution in [0.25, 0.3) is 0 Å². The topological polar surface area (TPSA) is 27.1 Å². The van der Waals surface area contributed by atoms with Crippen LogP contribution in [0.2, 0.25) is 10.0 Å². The fourth-order valence-electron chi connectivity index (χ4n) is 2.35. The molecule has 0 aliphatic carbocycles. The number of hydrogen-bond acceptors (Lipinski definition) is 3. The number of imidazole rings is 1. The molecule has 0 amide bonds. The molecule has 0 saturated heterocycles. The first kappa shape index (κ1) is 18.3. The predicted octanol–water partition coefficient (Wildman–Crippen LogP) is 5.57. The Balaban J connectivity index is 1.59. The Morgan fingerprint density at radius 3 is 2.32 bits per heavy atom. The van der Waals surface area contributed by atoms with E-state index in [9.17, 15) is 0 Å². The maximum Gasteiger partial charge on any atom is 0.0946 e. The third-order valence-electron chi connectivity index (χ3n) is 3.58. The van der Waals surface area contributed by atoms with Crippen LogP contribution in [-0.2, 0) is 17.9 Å². The molecule has 130 valence electrons. The second-order valence-electron chi connectivity index (χ2n) is 5.59. The second kappa shape index (κ2) is 9.30. The van der Waals surface area contributed by atoms with Gasteiger partial charge in [0.2, 0.25) is 0 Å². The first-order chi connectivity index (χ1) is 12.2. The molecule has 0 bridgehead atoms. The number of rotatable bonds is 8. The number of hydrogen-bond donors (Lipinski definition) is 0. The van der Waals surface area contributed by atoms with Crippen molar-refractivity contribution in [3.63, 3.8) is 0 Å². The molecule has 25 heavy (non-hydrogen) atoms. The molecule has 0 aliphatic rings. The Hall–Kier alpha value is -1.46. The Morgan fingerprint density at radius 2 is 1.68 bits per heavy atom. The van der Waals surface area contributed by atoms with E-state index in [1.807, 2.05) is 61.1 Å². The zero-order chi connectivity index (χ0) is 17.5. The van der Waals surface area contributed by atoms with E-state index in [0.29, 0.717) is 13.2 Å². The third-order valence-corrected chi connectivity index (χ3v) is 5.24. The van der Waals surface area contributed by atoms with Crippen LogP contribution < -0.4 is 0 Å². The lowest BCUT2D eigenvalue weighted by molar-refractivity contribution is 0.119. The Morgan fingerprint density at radius 1 is 1.00 bits per heavy atom. The maximum absolute atomic E-state index is 5.97. The van der Waals surface area contributed by atoms with Gasteiger partial charge in [-0.3, -0.25) is 0 Å². The zero-order valence-corrected chi connectivity index (χ0v) is 15.8. The maximum atomic E-state index is 5.97. The van der Waals surface area contributed by atoms with Gasteiger partial charge in [0.25, 0.3) is 0 Å². The Labute approximate surface area is 161 Å². The molecular weight excluding hydrogens is 375 g/mol. The minimum Gasteiger partial charge on any atom is -0.376 e. The first-order valence-corrected chi connectivity index (χ1v) is 9.53. The van der Waals surface area contributed by atoms with Gasteiger partial charge < -0.3 is 9.30 Å². The summed E-state index contributed by atoms with van der Waals surface area (Å²) in [7, 11) is 0. The minimum atomic E-state index is 0.266. The van der Waals surface area contributed by atoms with E-state index >= 15 is 0 Å². The number of ether oxygens (including phenoxy) is 1. The van der Waals surface area contributed by atoms with E-state index in [0.717, 1.165) is 22.2 Å². The van der Waals surface area contributed by atoms with Crippen molar-refractivity contribution in [1.82, 2.24) is 9.55 Å². The largest absolute Gasteiger partial charge is 0.376 e. The van der Waals surface area contributed by atoms with Gasteiger partial charge in [0.05, 0.1) is 24.8 Å². The second-order valence-corrected chi connectivity index (χ2v) is 7.84.